The highest BCUT2D eigenvalue weighted by Crippen LogP contribution is 2.29. The second-order valence-corrected chi connectivity index (χ2v) is 9.09. The molecule has 4 nitrogen and oxygen atoms in total. The molecule has 3 amide bonds. The van der Waals surface area contributed by atoms with Crippen LogP contribution in [0.25, 0.3) is 6.08 Å². The number of halogens is 2. The molecule has 1 heterocycles. The van der Waals surface area contributed by atoms with E-state index < -0.39 is 11.9 Å². The van der Waals surface area contributed by atoms with Gasteiger partial charge in [0.15, 0.2) is 0 Å². The van der Waals surface area contributed by atoms with E-state index in [9.17, 15) is 9.59 Å². The normalized spacial score (nSPS) is 14.9. The number of carbonyl (C=O) groups is 2. The molecule has 0 saturated carbocycles. The molecule has 1 aliphatic rings. The van der Waals surface area contributed by atoms with E-state index in [0.29, 0.717) is 15.6 Å². The summed E-state index contributed by atoms with van der Waals surface area (Å²) in [6.45, 7) is 2.13. The third-order valence-electron chi connectivity index (χ3n) is 4.75. The SMILES string of the molecule is Cc1ccc(Sc2ccc(/C=C3\NC(=O)N(Cc4ccc(Cl)cc4Cl)C3=O)cc2)cc1. The molecule has 0 radical (unpaired) electrons. The Bertz CT molecular complexity index is 1180. The van der Waals surface area contributed by atoms with Gasteiger partial charge >= 0.3 is 6.03 Å². The smallest absolute Gasteiger partial charge is 0.303 e. The first-order valence-corrected chi connectivity index (χ1v) is 11.1. The van der Waals surface area contributed by atoms with Crippen LogP contribution >= 0.6 is 35.0 Å². The predicted octanol–water partition coefficient (Wildman–Crippen LogP) is 6.55. The Morgan fingerprint density at radius 1 is 0.935 bits per heavy atom. The highest BCUT2D eigenvalue weighted by Gasteiger charge is 2.33. The quantitative estimate of drug-likeness (QED) is 0.341. The Morgan fingerprint density at radius 3 is 2.23 bits per heavy atom. The molecular formula is C24H18Cl2N2O2S. The molecule has 31 heavy (non-hydrogen) atoms. The zero-order valence-corrected chi connectivity index (χ0v) is 18.9. The van der Waals surface area contributed by atoms with Crippen molar-refractivity contribution in [1.82, 2.24) is 10.2 Å². The van der Waals surface area contributed by atoms with Gasteiger partial charge in [0, 0.05) is 19.8 Å². The highest BCUT2D eigenvalue weighted by atomic mass is 35.5. The van der Waals surface area contributed by atoms with Gasteiger partial charge in [0.25, 0.3) is 5.91 Å². The summed E-state index contributed by atoms with van der Waals surface area (Å²) in [5, 5.41) is 3.54. The second kappa shape index (κ2) is 9.18. The number of nitrogens with zero attached hydrogens (tertiary/aromatic N) is 1. The van der Waals surface area contributed by atoms with Gasteiger partial charge in [0.2, 0.25) is 0 Å². The third kappa shape index (κ3) is 5.13. The molecular weight excluding hydrogens is 451 g/mol. The Balaban J connectivity index is 1.46. The van der Waals surface area contributed by atoms with Crippen molar-refractivity contribution in [3.8, 4) is 0 Å². The van der Waals surface area contributed by atoms with E-state index in [4.69, 9.17) is 23.2 Å². The number of carbonyl (C=O) groups excluding carboxylic acids is 2. The molecule has 3 aromatic carbocycles. The van der Waals surface area contributed by atoms with Gasteiger partial charge in [-0.25, -0.2) is 4.79 Å². The van der Waals surface area contributed by atoms with E-state index in [1.165, 1.54) is 5.56 Å². The van der Waals surface area contributed by atoms with Crippen LogP contribution in [0.3, 0.4) is 0 Å². The first kappa shape index (κ1) is 21.5. The van der Waals surface area contributed by atoms with Crippen LogP contribution in [0, 0.1) is 6.92 Å². The number of rotatable bonds is 5. The van der Waals surface area contributed by atoms with Gasteiger partial charge in [-0.15, -0.1) is 0 Å². The van der Waals surface area contributed by atoms with Crippen LogP contribution in [0.1, 0.15) is 16.7 Å². The number of benzene rings is 3. The summed E-state index contributed by atoms with van der Waals surface area (Å²) in [4.78, 5) is 28.4. The van der Waals surface area contributed by atoms with Crippen LogP contribution in [-0.2, 0) is 11.3 Å². The summed E-state index contributed by atoms with van der Waals surface area (Å²) >= 11 is 13.8. The number of hydrogen-bond acceptors (Lipinski definition) is 3. The molecule has 1 fully saturated rings. The molecule has 1 N–H and O–H groups in total. The lowest BCUT2D eigenvalue weighted by molar-refractivity contribution is -0.123. The monoisotopic (exact) mass is 468 g/mol. The average Bonchev–Trinajstić information content (AvgIpc) is 3.00. The summed E-state index contributed by atoms with van der Waals surface area (Å²) < 4.78 is 0. The molecule has 0 aromatic heterocycles. The van der Waals surface area contributed by atoms with Crippen LogP contribution in [-0.4, -0.2) is 16.8 Å². The fourth-order valence-electron chi connectivity index (χ4n) is 3.08. The molecule has 7 heteroatoms. The highest BCUT2D eigenvalue weighted by molar-refractivity contribution is 7.99. The Hall–Kier alpha value is -2.73. The number of aryl methyl sites for hydroxylation is 1. The number of nitrogens with one attached hydrogen (secondary N) is 1. The van der Waals surface area contributed by atoms with Gasteiger partial charge in [0.1, 0.15) is 5.70 Å². The molecule has 0 bridgehead atoms. The summed E-state index contributed by atoms with van der Waals surface area (Å²) in [6.07, 6.45) is 1.67. The molecule has 156 valence electrons. The fraction of sp³-hybridized carbons (Fsp3) is 0.0833. The van der Waals surface area contributed by atoms with Crippen molar-refractivity contribution in [3.63, 3.8) is 0 Å². The van der Waals surface area contributed by atoms with E-state index in [2.05, 4.69) is 36.5 Å². The zero-order valence-electron chi connectivity index (χ0n) is 16.6. The standard InChI is InChI=1S/C24H18Cl2N2O2S/c1-15-2-8-19(9-3-15)31-20-10-4-16(5-11-20)12-22-23(29)28(24(30)27-22)14-17-6-7-18(25)13-21(17)26/h2-13H,14H2,1H3,(H,27,30)/b22-12-. The van der Waals surface area contributed by atoms with E-state index in [1.807, 2.05) is 24.3 Å². The Kier molecular flexibility index (Phi) is 6.37. The van der Waals surface area contributed by atoms with Gasteiger partial charge in [-0.05, 0) is 60.5 Å². The first-order valence-electron chi connectivity index (χ1n) is 9.52. The van der Waals surface area contributed by atoms with Crippen LogP contribution < -0.4 is 5.32 Å². The van der Waals surface area contributed by atoms with Crippen molar-refractivity contribution in [2.45, 2.75) is 23.3 Å². The molecule has 0 atom stereocenters. The van der Waals surface area contributed by atoms with E-state index >= 15 is 0 Å². The maximum Gasteiger partial charge on any atom is 0.329 e. The fourth-order valence-corrected chi connectivity index (χ4v) is 4.36. The Labute approximate surface area is 194 Å². The molecule has 0 unspecified atom stereocenters. The number of amides is 3. The first-order chi connectivity index (χ1) is 14.9. The minimum Gasteiger partial charge on any atom is -0.303 e. The van der Waals surface area contributed by atoms with Gasteiger partial charge in [-0.2, -0.15) is 0 Å². The minimum absolute atomic E-state index is 0.0735. The molecule has 3 aromatic rings. The predicted molar refractivity (Wildman–Crippen MR) is 125 cm³/mol. The maximum absolute atomic E-state index is 12.7. The van der Waals surface area contributed by atoms with Crippen LogP contribution in [0.2, 0.25) is 10.0 Å². The number of imide groups is 1. The molecule has 4 rings (SSSR count). The van der Waals surface area contributed by atoms with Crippen LogP contribution in [0.4, 0.5) is 4.79 Å². The van der Waals surface area contributed by atoms with E-state index in [-0.39, 0.29) is 12.2 Å². The maximum atomic E-state index is 12.7. The van der Waals surface area contributed by atoms with Crippen molar-refractivity contribution >= 4 is 53.0 Å². The summed E-state index contributed by atoms with van der Waals surface area (Å²) in [5.74, 6) is -0.394. The van der Waals surface area contributed by atoms with E-state index in [0.717, 1.165) is 20.3 Å². The van der Waals surface area contributed by atoms with Gasteiger partial charge < -0.3 is 5.32 Å². The van der Waals surface area contributed by atoms with Crippen molar-refractivity contribution < 1.29 is 9.59 Å². The van der Waals surface area contributed by atoms with E-state index in [1.54, 1.807) is 36.0 Å². The van der Waals surface area contributed by atoms with Crippen LogP contribution in [0.5, 0.6) is 0 Å². The molecule has 1 aliphatic heterocycles. The van der Waals surface area contributed by atoms with Gasteiger partial charge in [0.05, 0.1) is 6.54 Å². The third-order valence-corrected chi connectivity index (χ3v) is 6.36. The number of urea groups is 1. The molecule has 0 spiro atoms. The average molecular weight is 469 g/mol. The van der Waals surface area contributed by atoms with Crippen molar-refractivity contribution in [3.05, 3.63) is 99.2 Å². The van der Waals surface area contributed by atoms with Crippen LogP contribution in [0.15, 0.2) is 82.2 Å². The lowest BCUT2D eigenvalue weighted by atomic mass is 10.2. The lowest BCUT2D eigenvalue weighted by Gasteiger charge is -2.13. The summed E-state index contributed by atoms with van der Waals surface area (Å²) in [7, 11) is 0. The molecule has 1 saturated heterocycles. The summed E-state index contributed by atoms with van der Waals surface area (Å²) in [5.41, 5.74) is 2.92. The number of hydrogen-bond donors (Lipinski definition) is 1. The largest absolute Gasteiger partial charge is 0.329 e. The summed E-state index contributed by atoms with van der Waals surface area (Å²) in [6, 6.07) is 20.6. The molecule has 0 aliphatic carbocycles. The Morgan fingerprint density at radius 2 is 1.58 bits per heavy atom. The van der Waals surface area contributed by atoms with Crippen molar-refractivity contribution in [2.75, 3.05) is 0 Å². The topological polar surface area (TPSA) is 49.4 Å². The zero-order chi connectivity index (χ0) is 22.0. The van der Waals surface area contributed by atoms with Gasteiger partial charge in [-0.3, -0.25) is 9.69 Å². The van der Waals surface area contributed by atoms with Crippen molar-refractivity contribution in [1.29, 1.82) is 0 Å². The van der Waals surface area contributed by atoms with Gasteiger partial charge in [-0.1, -0.05) is 70.9 Å². The van der Waals surface area contributed by atoms with Crippen molar-refractivity contribution in [2.24, 2.45) is 0 Å². The minimum atomic E-state index is -0.478. The lowest BCUT2D eigenvalue weighted by Crippen LogP contribution is -2.30. The second-order valence-electron chi connectivity index (χ2n) is 7.10.